The van der Waals surface area contributed by atoms with E-state index in [9.17, 15) is 10.1 Å². The summed E-state index contributed by atoms with van der Waals surface area (Å²) >= 11 is 0. The van der Waals surface area contributed by atoms with Crippen molar-refractivity contribution in [2.75, 3.05) is 0 Å². The zero-order valence-corrected chi connectivity index (χ0v) is 6.45. The molecular formula is C8H12NO2+. The number of fused-ring (bicyclic) bond motifs is 3. The summed E-state index contributed by atoms with van der Waals surface area (Å²) in [5.74, 6) is 1.86. The predicted octanol–water partition coefficient (Wildman–Crippen LogP) is 1.80. The van der Waals surface area contributed by atoms with E-state index in [1.807, 2.05) is 0 Å². The van der Waals surface area contributed by atoms with Gasteiger partial charge in [-0.05, 0) is 18.8 Å². The van der Waals surface area contributed by atoms with Crippen LogP contribution in [0.25, 0.3) is 0 Å². The lowest BCUT2D eigenvalue weighted by molar-refractivity contribution is -0.524. The quantitative estimate of drug-likeness (QED) is 0.328. The molecule has 3 nitrogen and oxygen atoms in total. The molecule has 60 valence electrons. The van der Waals surface area contributed by atoms with E-state index in [1.54, 1.807) is 0 Å². The molecule has 0 saturated heterocycles. The van der Waals surface area contributed by atoms with Crippen molar-refractivity contribution in [3.05, 3.63) is 16.0 Å². The molecule has 3 fully saturated rings. The average molecular weight is 154 g/mol. The monoisotopic (exact) mass is 154 g/mol. The van der Waals surface area contributed by atoms with Crippen LogP contribution in [0.1, 0.15) is 32.1 Å². The van der Waals surface area contributed by atoms with Gasteiger partial charge in [-0.1, -0.05) is 0 Å². The van der Waals surface area contributed by atoms with Gasteiger partial charge in [-0.2, -0.15) is 0 Å². The Hall–Kier alpha value is -0.730. The van der Waals surface area contributed by atoms with Crippen LogP contribution in [-0.2, 0) is 0 Å². The number of rotatable bonds is 1. The highest BCUT2D eigenvalue weighted by molar-refractivity contribution is 5.06. The van der Waals surface area contributed by atoms with E-state index in [0.717, 1.165) is 19.3 Å². The summed E-state index contributed by atoms with van der Waals surface area (Å²) in [5, 5.41) is 10.5. The first-order valence-corrected chi connectivity index (χ1v) is 4.25. The van der Waals surface area contributed by atoms with Gasteiger partial charge in [0.05, 0.1) is 24.2 Å². The van der Waals surface area contributed by atoms with Crippen LogP contribution in [0.15, 0.2) is 0 Å². The van der Waals surface area contributed by atoms with Gasteiger partial charge in [0.15, 0.2) is 5.92 Å². The molecule has 0 N–H and O–H groups in total. The van der Waals surface area contributed by atoms with Crippen LogP contribution in [0.5, 0.6) is 0 Å². The van der Waals surface area contributed by atoms with Crippen LogP contribution >= 0.6 is 0 Å². The first-order chi connectivity index (χ1) is 5.27. The summed E-state index contributed by atoms with van der Waals surface area (Å²) in [6, 6.07) is -0.275. The summed E-state index contributed by atoms with van der Waals surface area (Å²) < 4.78 is 0. The van der Waals surface area contributed by atoms with Gasteiger partial charge >= 0.3 is 6.04 Å². The van der Waals surface area contributed by atoms with Gasteiger partial charge in [-0.3, -0.25) is 10.1 Å². The molecule has 0 aliphatic heterocycles. The molecule has 0 radical (unpaired) electrons. The van der Waals surface area contributed by atoms with E-state index < -0.39 is 0 Å². The second-order valence-electron chi connectivity index (χ2n) is 3.64. The van der Waals surface area contributed by atoms with Gasteiger partial charge in [0.2, 0.25) is 0 Å². The predicted molar refractivity (Wildman–Crippen MR) is 40.6 cm³/mol. The van der Waals surface area contributed by atoms with Gasteiger partial charge < -0.3 is 0 Å². The Morgan fingerprint density at radius 2 is 2.00 bits per heavy atom. The summed E-state index contributed by atoms with van der Waals surface area (Å²) in [5.41, 5.74) is 0. The Labute approximate surface area is 65.9 Å². The van der Waals surface area contributed by atoms with Crippen LogP contribution in [0.4, 0.5) is 0 Å². The van der Waals surface area contributed by atoms with Crippen molar-refractivity contribution in [1.82, 2.24) is 0 Å². The fourth-order valence-corrected chi connectivity index (χ4v) is 2.33. The smallest absolute Gasteiger partial charge is 0.260 e. The fourth-order valence-electron chi connectivity index (χ4n) is 2.33. The third kappa shape index (κ3) is 1.08. The Kier molecular flexibility index (Phi) is 1.51. The molecular weight excluding hydrogens is 142 g/mol. The van der Waals surface area contributed by atoms with E-state index >= 15 is 0 Å². The molecule has 3 heteroatoms. The zero-order chi connectivity index (χ0) is 7.84. The third-order valence-electron chi connectivity index (χ3n) is 3.03. The van der Waals surface area contributed by atoms with E-state index in [1.165, 1.54) is 18.8 Å². The molecule has 0 unspecified atom stereocenters. The van der Waals surface area contributed by atoms with Crippen LogP contribution in [0, 0.1) is 22.0 Å². The highest BCUT2D eigenvalue weighted by Gasteiger charge is 2.51. The minimum atomic E-state index is -0.275. The molecule has 0 amide bonds. The van der Waals surface area contributed by atoms with Crippen LogP contribution in [0.3, 0.4) is 0 Å². The van der Waals surface area contributed by atoms with Crippen molar-refractivity contribution in [2.45, 2.75) is 38.1 Å². The normalized spacial score (nSPS) is 35.8. The highest BCUT2D eigenvalue weighted by atomic mass is 16.6. The fraction of sp³-hybridized carbons (Fsp3) is 0.875. The molecule has 3 rings (SSSR count). The Bertz CT molecular complexity index is 173. The zero-order valence-electron chi connectivity index (χ0n) is 6.45. The van der Waals surface area contributed by atoms with E-state index in [2.05, 4.69) is 0 Å². The van der Waals surface area contributed by atoms with E-state index in [4.69, 9.17) is 0 Å². The third-order valence-corrected chi connectivity index (χ3v) is 3.03. The van der Waals surface area contributed by atoms with Gasteiger partial charge in [-0.25, -0.2) is 0 Å². The van der Waals surface area contributed by atoms with Crippen molar-refractivity contribution in [3.8, 4) is 0 Å². The van der Waals surface area contributed by atoms with Crippen molar-refractivity contribution >= 4 is 0 Å². The molecule has 0 spiro atoms. The standard InChI is InChI=1S/C8H12NO2/c10-9(11)8-5-6-1-3-7(8)4-2-6/h6,8H,1-5H2/q+1/t8-/m0/s1. The maximum absolute atomic E-state index is 10.5. The van der Waals surface area contributed by atoms with E-state index in [-0.39, 0.29) is 11.0 Å². The average Bonchev–Trinajstić information content (AvgIpc) is 2.06. The van der Waals surface area contributed by atoms with Crippen molar-refractivity contribution in [3.63, 3.8) is 0 Å². The molecule has 0 heterocycles. The lowest BCUT2D eigenvalue weighted by atomic mass is 9.68. The number of nitrogens with zero attached hydrogens (tertiary/aromatic N) is 1. The molecule has 11 heavy (non-hydrogen) atoms. The maximum Gasteiger partial charge on any atom is 0.341 e. The lowest BCUT2D eigenvalue weighted by Crippen LogP contribution is -2.38. The molecule has 0 aromatic rings. The molecule has 3 saturated carbocycles. The number of hydrogen-bond donors (Lipinski definition) is 0. The molecule has 1 atom stereocenters. The van der Waals surface area contributed by atoms with Crippen molar-refractivity contribution < 1.29 is 4.92 Å². The minimum Gasteiger partial charge on any atom is -0.260 e. The molecule has 0 aromatic carbocycles. The van der Waals surface area contributed by atoms with Gasteiger partial charge in [0.1, 0.15) is 0 Å². The summed E-state index contributed by atoms with van der Waals surface area (Å²) in [4.78, 5) is 10.4. The Balaban J connectivity index is 2.08. The summed E-state index contributed by atoms with van der Waals surface area (Å²) in [6.07, 6.45) is 5.29. The van der Waals surface area contributed by atoms with Crippen LogP contribution in [-0.4, -0.2) is 11.0 Å². The van der Waals surface area contributed by atoms with Crippen LogP contribution < -0.4 is 0 Å². The Morgan fingerprint density at radius 1 is 1.36 bits per heavy atom. The number of hydrogen-bond acceptors (Lipinski definition) is 2. The van der Waals surface area contributed by atoms with Gasteiger partial charge in [-0.15, -0.1) is 0 Å². The van der Waals surface area contributed by atoms with E-state index in [0.29, 0.717) is 5.92 Å². The highest BCUT2D eigenvalue weighted by Crippen LogP contribution is 2.43. The first-order valence-electron chi connectivity index (χ1n) is 4.25. The Morgan fingerprint density at radius 3 is 2.27 bits per heavy atom. The topological polar surface area (TPSA) is 43.1 Å². The van der Waals surface area contributed by atoms with Crippen molar-refractivity contribution in [1.29, 1.82) is 0 Å². The van der Waals surface area contributed by atoms with Gasteiger partial charge in [0.25, 0.3) is 0 Å². The summed E-state index contributed by atoms with van der Waals surface area (Å²) in [7, 11) is 0. The molecule has 3 aliphatic rings. The molecule has 2 bridgehead atoms. The van der Waals surface area contributed by atoms with Crippen molar-refractivity contribution in [2.24, 2.45) is 5.92 Å². The lowest BCUT2D eigenvalue weighted by Gasteiger charge is -2.29. The first kappa shape index (κ1) is 6.95. The largest absolute Gasteiger partial charge is 0.341 e. The SMILES string of the molecule is O=[N+]([O-])[C@H]1CC2CC[C+]1CC2. The van der Waals surface area contributed by atoms with Gasteiger partial charge in [0, 0.05) is 0 Å². The second-order valence-corrected chi connectivity index (χ2v) is 3.64. The second kappa shape index (κ2) is 2.40. The summed E-state index contributed by atoms with van der Waals surface area (Å²) in [6.45, 7) is 0. The maximum atomic E-state index is 10.5. The molecule has 3 aliphatic carbocycles. The minimum absolute atomic E-state index is 0.0966. The van der Waals surface area contributed by atoms with Crippen LogP contribution in [0.2, 0.25) is 0 Å². The molecule has 0 aromatic heterocycles. The number of nitro groups is 1.